The number of benzene rings is 8. The Balaban J connectivity index is 0.000000180. The van der Waals surface area contributed by atoms with Crippen molar-refractivity contribution in [2.75, 3.05) is 0 Å². The van der Waals surface area contributed by atoms with Crippen molar-refractivity contribution < 1.29 is 79.4 Å². The quantitative estimate of drug-likeness (QED) is 0.0428. The molecule has 8 heterocycles. The zero-order chi connectivity index (χ0) is 84.1. The minimum atomic E-state index is -5.08. The number of aromatic amines is 1. The van der Waals surface area contributed by atoms with Crippen LogP contribution in [-0.2, 0) is 128 Å². The maximum atomic E-state index is 10.6. The van der Waals surface area contributed by atoms with E-state index in [1.54, 1.807) is 33.4 Å². The van der Waals surface area contributed by atoms with Crippen LogP contribution in [0, 0.1) is 39.8 Å². The molecule has 0 aliphatic heterocycles. The molecule has 0 bridgehead atoms. The van der Waals surface area contributed by atoms with Gasteiger partial charge in [-0.2, -0.15) is 18.3 Å². The Kier molecular flexibility index (Phi) is 38.2. The van der Waals surface area contributed by atoms with E-state index in [2.05, 4.69) is 270 Å². The molecule has 120 heavy (non-hydrogen) atoms. The van der Waals surface area contributed by atoms with E-state index >= 15 is 0 Å². The summed E-state index contributed by atoms with van der Waals surface area (Å²) in [6.07, 6.45) is 19.2. The van der Waals surface area contributed by atoms with Crippen molar-refractivity contribution in [3.05, 3.63) is 395 Å². The first-order chi connectivity index (χ1) is 57.8. The third-order valence-corrected chi connectivity index (χ3v) is 18.6. The van der Waals surface area contributed by atoms with Gasteiger partial charge in [-0.1, -0.05) is 206 Å². The van der Waals surface area contributed by atoms with E-state index in [9.17, 15) is 13.2 Å². The molecule has 0 fully saturated rings. The number of nitrogens with one attached hydrogen (secondary N) is 1. The third-order valence-electron chi connectivity index (χ3n) is 18.2. The molecule has 1 N–H and O–H groups in total. The van der Waals surface area contributed by atoms with Crippen LogP contribution in [0.3, 0.4) is 0 Å². The summed E-state index contributed by atoms with van der Waals surface area (Å²) in [7, 11) is 11.0. The zero-order valence-electron chi connectivity index (χ0n) is 65.5. The molecule has 15 nitrogen and oxygen atoms in total. The van der Waals surface area contributed by atoms with Gasteiger partial charge in [-0.15, -0.1) is 70.8 Å². The van der Waals surface area contributed by atoms with Crippen LogP contribution in [0.2, 0.25) is 0 Å². The fraction of sp³-hybridized carbons (Fsp3) is 0.137. The van der Waals surface area contributed by atoms with Gasteiger partial charge in [0.05, 0.1) is 22.9 Å². The molecular weight excluding hydrogens is 2040 g/mol. The first kappa shape index (κ1) is 93.3. The maximum Gasteiger partial charge on any atom is 0.181 e. The molecule has 25 heteroatoms. The molecule has 0 atom stereocenters. The van der Waals surface area contributed by atoms with Crippen molar-refractivity contribution in [2.45, 2.75) is 84.6 Å². The molecule has 0 radical (unpaired) electrons. The van der Waals surface area contributed by atoms with E-state index < -0.39 is 29.7 Å². The number of nitrogens with zero attached hydrogens (tertiary/aromatic N) is 11. The standard InChI is InChI=1S/C34H32N2.C34H30N2.C13H10N4.C13H9N4.CF3O2S.Ag.3ClH.2Ir.O/c2*1-25-5-3-7-31(21-25)33-23-29(17-19-35-33)15-13-27-9-11-28(12-10-27)14-16-30-18-20-36-34(24-30)32-8-4-6-26(2)22-32;2*1-2-6-10(7-3-1)12-15-13(17-16-12)11-8-4-5-9-14-11;2-1(3,4)7(5)6;;;;;;;/h3-12,17-24H,13-16H2,1-2H3;3-6,9-12,17-24H,13-16H2,1-2H3;1-9H,(H,15,16,17);1-9H;;;3*1H;;;/q;-2;;2*-1;;;;;2*+3;/p-3. The third kappa shape index (κ3) is 31.2. The van der Waals surface area contributed by atoms with Crippen LogP contribution >= 0.6 is 28.8 Å². The van der Waals surface area contributed by atoms with Crippen LogP contribution in [-0.4, -0.2) is 60.7 Å². The first-order valence-corrected chi connectivity index (χ1v) is 48.1. The van der Waals surface area contributed by atoms with Crippen molar-refractivity contribution >= 4 is 39.5 Å². The number of H-pyrrole nitrogens is 1. The van der Waals surface area contributed by atoms with E-state index in [1.165, 1.54) is 77.9 Å². The number of hydrogen-bond acceptors (Lipinski definition) is 14. The topological polar surface area (TPSA) is 210 Å². The molecule has 0 aliphatic rings. The predicted molar refractivity (Wildman–Crippen MR) is 460 cm³/mol. The molecule has 0 unspecified atom stereocenters. The Hall–Kier alpha value is -10.6. The molecule has 16 aromatic rings. The second-order valence-corrected chi connectivity index (χ2v) is 38.4. The molecule has 16 rings (SSSR count). The van der Waals surface area contributed by atoms with Crippen molar-refractivity contribution in [1.82, 2.24) is 60.3 Å². The van der Waals surface area contributed by atoms with Gasteiger partial charge < -0.3 is 28.5 Å². The van der Waals surface area contributed by atoms with E-state index in [-0.39, 0.29) is 20.1 Å². The van der Waals surface area contributed by atoms with Crippen LogP contribution in [0.1, 0.15) is 66.8 Å². The molecule has 8 aromatic heterocycles. The number of aryl methyl sites for hydroxylation is 12. The maximum absolute atomic E-state index is 10.6. The van der Waals surface area contributed by atoms with Gasteiger partial charge >= 0.3 is 92.1 Å². The minimum absolute atomic E-state index is 0. The summed E-state index contributed by atoms with van der Waals surface area (Å²) in [6.45, 7) is 8.44. The number of pyridine rings is 6. The Morgan fingerprint density at radius 1 is 0.375 bits per heavy atom. The van der Waals surface area contributed by atoms with Crippen LogP contribution in [0.5, 0.6) is 0 Å². The van der Waals surface area contributed by atoms with Gasteiger partial charge in [0.15, 0.2) is 11.6 Å². The van der Waals surface area contributed by atoms with Crippen LogP contribution < -0.4 is 5.10 Å². The number of hydrogen-bond donors (Lipinski definition) is 1. The van der Waals surface area contributed by atoms with Crippen LogP contribution in [0.15, 0.2) is 316 Å². The predicted octanol–water partition coefficient (Wildman–Crippen LogP) is 23.1. The summed E-state index contributed by atoms with van der Waals surface area (Å²) in [6, 6.07) is 103. The first-order valence-electron chi connectivity index (χ1n) is 37.5. The Bertz CT molecular complexity index is 5190. The van der Waals surface area contributed by atoms with Crippen molar-refractivity contribution in [1.29, 1.82) is 0 Å². The summed E-state index contributed by atoms with van der Waals surface area (Å²) in [5, 5.41) is 15.2. The van der Waals surface area contributed by atoms with Gasteiger partial charge in [0.25, 0.3) is 0 Å². The Morgan fingerprint density at radius 3 is 1.07 bits per heavy atom. The summed E-state index contributed by atoms with van der Waals surface area (Å²) in [4.78, 5) is 35.5. The summed E-state index contributed by atoms with van der Waals surface area (Å²) in [5.74, 6) is 2.56. The van der Waals surface area contributed by atoms with Crippen molar-refractivity contribution in [3.63, 3.8) is 0 Å². The normalized spacial score (nSPS) is 10.7. The number of halogens is 6. The average Bonchev–Trinajstić information content (AvgIpc) is 1.56. The number of aromatic nitrogens is 12. The van der Waals surface area contributed by atoms with Gasteiger partial charge in [-0.05, 0) is 194 Å². The van der Waals surface area contributed by atoms with Crippen molar-refractivity contribution in [2.24, 2.45) is 0 Å². The number of alkyl halides is 3. The van der Waals surface area contributed by atoms with E-state index in [0.29, 0.717) is 23.3 Å². The smallest absolute Gasteiger partial charge is 0.181 e. The average molecular weight is 2130 g/mol. The molecule has 0 saturated heterocycles. The second kappa shape index (κ2) is 49.2. The molecule has 617 valence electrons. The Labute approximate surface area is 743 Å². The van der Waals surface area contributed by atoms with Crippen molar-refractivity contribution in [3.8, 4) is 90.8 Å². The molecule has 0 amide bonds. The minimum Gasteiger partial charge on any atom is -0.417 e. The molecule has 0 aliphatic carbocycles. The van der Waals surface area contributed by atoms with Gasteiger partial charge in [0.1, 0.15) is 5.69 Å². The van der Waals surface area contributed by atoms with E-state index in [4.69, 9.17) is 40.4 Å². The van der Waals surface area contributed by atoms with Crippen LogP contribution in [0.4, 0.5) is 13.2 Å². The fourth-order valence-corrected chi connectivity index (χ4v) is 12.2. The molecule has 0 spiro atoms. The van der Waals surface area contributed by atoms with Gasteiger partial charge in [0.2, 0.25) is 0 Å². The molecule has 0 saturated carbocycles. The monoisotopic (exact) mass is 2120 g/mol. The van der Waals surface area contributed by atoms with E-state index in [0.717, 1.165) is 108 Å². The molecule has 8 aromatic carbocycles. The summed E-state index contributed by atoms with van der Waals surface area (Å²) in [5.41, 5.74) is 22.7. The Morgan fingerprint density at radius 2 is 0.708 bits per heavy atom. The molecular formula is C95H81AgCl3F3Ir2N12O3S-. The number of rotatable bonds is 20. The summed E-state index contributed by atoms with van der Waals surface area (Å²) < 4.78 is 57.5. The zero-order valence-corrected chi connectivity index (χ0v) is 74.8. The largest absolute Gasteiger partial charge is 0.417 e. The second-order valence-electron chi connectivity index (χ2n) is 27.1. The van der Waals surface area contributed by atoms with E-state index in [1.807, 2.05) is 134 Å². The van der Waals surface area contributed by atoms with Gasteiger partial charge in [-0.25, -0.2) is 4.98 Å². The van der Waals surface area contributed by atoms with Gasteiger partial charge in [-0.3, -0.25) is 30.1 Å². The van der Waals surface area contributed by atoms with Crippen LogP contribution in [0.25, 0.3) is 90.8 Å². The van der Waals surface area contributed by atoms with Gasteiger partial charge in [0, 0.05) is 64.6 Å². The summed E-state index contributed by atoms with van der Waals surface area (Å²) >= 11 is -0.217. The SMILES string of the molecule is Cc1cc[c-]c(-c2cc(CCc3ccc(CCc4ccnc(-c5[c-]ccc(C)c5)c4)cc3)ccn2)c1.Cc1cccc(-c2cc(CCc3ccc(CCc4ccnc(-c5cccc(C)c5)c4)cc3)ccn2)c1.O=[S-](=O)C(F)(F)F.[Cl][Ir]([Cl])[Cl].[Ir+3].[O]=[Ag].c1ccc(-c2n[n-]c(-c3ccccn3)n2)cc1.c1ccc(-c2n[nH]c(-c3ccccn3)n2)cc1. The fourth-order valence-electron chi connectivity index (χ4n) is 12.2.